The number of rotatable bonds is 0. The second-order valence-electron chi connectivity index (χ2n) is 0. The summed E-state index contributed by atoms with van der Waals surface area (Å²) in [5, 5.41) is 0. The molecular weight excluding hydrogens is 131 g/mol. The van der Waals surface area contributed by atoms with E-state index in [2.05, 4.69) is 0 Å². The first kappa shape index (κ1) is 338. The molecule has 5 nitrogen and oxygen atoms in total. The maximum Gasteiger partial charge on any atom is 0.316 e. The first-order valence-corrected chi connectivity index (χ1v) is 0. The summed E-state index contributed by atoms with van der Waals surface area (Å²) in [6.07, 6.45) is 0. The molecule has 7 heteroatoms. The fourth-order valence-electron chi connectivity index (χ4n) is 0. The standard InChI is InChI=1S/Al.Mg.5H2O.5H/h;;5*1H2;;;;;. The molecular formula is H15AlMgO5. The van der Waals surface area contributed by atoms with Crippen LogP contribution in [0.1, 0.15) is 0 Å². The highest BCUT2D eigenvalue weighted by atomic mass is 27.0. The summed E-state index contributed by atoms with van der Waals surface area (Å²) in [6, 6.07) is 0. The van der Waals surface area contributed by atoms with E-state index in [4.69, 9.17) is 0 Å². The first-order valence-electron chi connectivity index (χ1n) is 0. The Morgan fingerprint density at radius 3 is 0.429 bits per heavy atom. The first-order chi connectivity index (χ1) is 0. The van der Waals surface area contributed by atoms with Gasteiger partial charge >= 0.3 is 23.1 Å². The van der Waals surface area contributed by atoms with Crippen molar-refractivity contribution >= 4 is 40.4 Å². The molecule has 0 amide bonds. The molecule has 0 saturated carbocycles. The average molecular weight is 146 g/mol. The summed E-state index contributed by atoms with van der Waals surface area (Å²) in [4.78, 5) is 0. The Labute approximate surface area is 67.9 Å². The van der Waals surface area contributed by atoms with Crippen LogP contribution >= 0.6 is 0 Å². The van der Waals surface area contributed by atoms with E-state index in [0.717, 1.165) is 0 Å². The average Bonchev–Trinajstić information content (AvgIpc) is 0. The summed E-state index contributed by atoms with van der Waals surface area (Å²) in [6.45, 7) is 0. The molecule has 0 fully saturated rings. The van der Waals surface area contributed by atoms with Crippen LogP contribution in [0.25, 0.3) is 0 Å². The van der Waals surface area contributed by atoms with Crippen molar-refractivity contribution in [2.24, 2.45) is 0 Å². The highest BCUT2D eigenvalue weighted by molar-refractivity contribution is 5.76. The minimum Gasteiger partial charge on any atom is -0.412 e. The SMILES string of the molecule is O.O.O.O.O.[AlH3].[MgH2]. The van der Waals surface area contributed by atoms with Crippen LogP contribution in [0.4, 0.5) is 0 Å². The fourth-order valence-corrected chi connectivity index (χ4v) is 0. The predicted molar refractivity (Wildman–Crippen MR) is 36.6 cm³/mol. The van der Waals surface area contributed by atoms with Gasteiger partial charge in [-0.1, -0.05) is 0 Å². The molecule has 0 aliphatic heterocycles. The third kappa shape index (κ3) is 153. The Morgan fingerprint density at radius 1 is 0.429 bits per heavy atom. The third-order valence-corrected chi connectivity index (χ3v) is 0. The summed E-state index contributed by atoms with van der Waals surface area (Å²) >= 11 is 0. The molecule has 0 aliphatic carbocycles. The summed E-state index contributed by atoms with van der Waals surface area (Å²) < 4.78 is 0. The van der Waals surface area contributed by atoms with Gasteiger partial charge < -0.3 is 27.4 Å². The van der Waals surface area contributed by atoms with E-state index >= 15 is 0 Å². The van der Waals surface area contributed by atoms with Gasteiger partial charge in [0.15, 0.2) is 17.4 Å². The van der Waals surface area contributed by atoms with Gasteiger partial charge in [-0.3, -0.25) is 0 Å². The Balaban J connectivity index is 0. The Bertz CT molecular complexity index is 8.04. The van der Waals surface area contributed by atoms with Crippen molar-refractivity contribution in [1.82, 2.24) is 0 Å². The molecule has 0 atom stereocenters. The molecule has 0 heterocycles. The van der Waals surface area contributed by atoms with Crippen LogP contribution < -0.4 is 0 Å². The Hall–Kier alpha value is 1.10. The van der Waals surface area contributed by atoms with Gasteiger partial charge in [-0.05, 0) is 0 Å². The van der Waals surface area contributed by atoms with Crippen molar-refractivity contribution in [3.05, 3.63) is 0 Å². The van der Waals surface area contributed by atoms with Gasteiger partial charge in [-0.2, -0.15) is 0 Å². The van der Waals surface area contributed by atoms with Gasteiger partial charge in [0.25, 0.3) is 0 Å². The lowest BCUT2D eigenvalue weighted by atomic mass is 16.0. The topological polar surface area (TPSA) is 158 Å². The van der Waals surface area contributed by atoms with Crippen LogP contribution in [0.2, 0.25) is 0 Å². The van der Waals surface area contributed by atoms with Crippen molar-refractivity contribution in [2.75, 3.05) is 0 Å². The monoisotopic (exact) mass is 146 g/mol. The highest BCUT2D eigenvalue weighted by Crippen LogP contribution is -0.285. The van der Waals surface area contributed by atoms with Crippen molar-refractivity contribution in [3.8, 4) is 0 Å². The summed E-state index contributed by atoms with van der Waals surface area (Å²) in [7, 11) is 0. The van der Waals surface area contributed by atoms with Crippen LogP contribution in [0, 0.1) is 0 Å². The maximum atomic E-state index is 0. The molecule has 7 heavy (non-hydrogen) atoms. The molecule has 0 bridgehead atoms. The van der Waals surface area contributed by atoms with Gasteiger partial charge in [-0.25, -0.2) is 0 Å². The Kier molecular flexibility index (Phi) is 10600. The van der Waals surface area contributed by atoms with E-state index in [1.54, 1.807) is 0 Å². The second-order valence-corrected chi connectivity index (χ2v) is 0. The maximum absolute atomic E-state index is 0. The molecule has 10 N–H and O–H groups in total. The minimum atomic E-state index is 0. The molecule has 0 saturated heterocycles. The molecule has 0 aliphatic rings. The van der Waals surface area contributed by atoms with Crippen LogP contribution in [0.3, 0.4) is 0 Å². The van der Waals surface area contributed by atoms with Crippen LogP contribution in [0.5, 0.6) is 0 Å². The molecule has 0 aromatic rings. The second kappa shape index (κ2) is 219. The van der Waals surface area contributed by atoms with Crippen molar-refractivity contribution in [1.29, 1.82) is 0 Å². The van der Waals surface area contributed by atoms with Gasteiger partial charge in [0, 0.05) is 0 Å². The summed E-state index contributed by atoms with van der Waals surface area (Å²) in [5.41, 5.74) is 0. The van der Waals surface area contributed by atoms with E-state index in [1.807, 2.05) is 0 Å². The van der Waals surface area contributed by atoms with Gasteiger partial charge in [0.1, 0.15) is 0 Å². The van der Waals surface area contributed by atoms with Gasteiger partial charge in [0.05, 0.1) is 0 Å². The lowest BCUT2D eigenvalue weighted by Gasteiger charge is -0.413. The Morgan fingerprint density at radius 2 is 0.429 bits per heavy atom. The zero-order valence-electron chi connectivity index (χ0n) is 2.50. The lowest BCUT2D eigenvalue weighted by Crippen LogP contribution is -0.382. The molecule has 0 aromatic heterocycles. The largest absolute Gasteiger partial charge is 0.412 e. The zero-order valence-corrected chi connectivity index (χ0v) is 2.50. The van der Waals surface area contributed by atoms with Gasteiger partial charge in [-0.15, -0.1) is 0 Å². The smallest absolute Gasteiger partial charge is 0.316 e. The van der Waals surface area contributed by atoms with Crippen molar-refractivity contribution < 1.29 is 27.4 Å². The van der Waals surface area contributed by atoms with E-state index in [1.165, 1.54) is 0 Å². The van der Waals surface area contributed by atoms with Crippen LogP contribution in [-0.2, 0) is 0 Å². The molecule has 0 aromatic carbocycles. The van der Waals surface area contributed by atoms with E-state index in [0.29, 0.717) is 0 Å². The normalized spacial score (nSPS) is 0. The predicted octanol–water partition coefficient (Wildman–Crippen LogP) is -6.22. The van der Waals surface area contributed by atoms with Gasteiger partial charge in [0.2, 0.25) is 0 Å². The zero-order chi connectivity index (χ0) is 0. The van der Waals surface area contributed by atoms with E-state index in [9.17, 15) is 0 Å². The number of hydrogen-bond acceptors (Lipinski definition) is 0. The molecule has 0 spiro atoms. The van der Waals surface area contributed by atoms with E-state index < -0.39 is 0 Å². The third-order valence-electron chi connectivity index (χ3n) is 0. The number of hydrogen-bond donors (Lipinski definition) is 0. The highest BCUT2D eigenvalue weighted by Gasteiger charge is 0.316. The van der Waals surface area contributed by atoms with Crippen LogP contribution in [-0.4, -0.2) is 67.8 Å². The van der Waals surface area contributed by atoms with Crippen LogP contribution in [0.15, 0.2) is 0 Å². The molecule has 50 valence electrons. The van der Waals surface area contributed by atoms with Crippen molar-refractivity contribution in [2.45, 2.75) is 0 Å². The lowest BCUT2D eigenvalue weighted by molar-refractivity contribution is 0.823. The van der Waals surface area contributed by atoms with Crippen molar-refractivity contribution in [3.63, 3.8) is 0 Å². The quantitative estimate of drug-likeness (QED) is 0.298. The molecule has 0 radical (unpaired) electrons. The van der Waals surface area contributed by atoms with E-state index in [-0.39, 0.29) is 67.8 Å². The minimum absolute atomic E-state index is 0. The molecule has 0 rings (SSSR count). The molecule has 0 unspecified atom stereocenters. The summed E-state index contributed by atoms with van der Waals surface area (Å²) in [5.74, 6) is 0. The fraction of sp³-hybridized carbons (Fsp3) is 0.